The first kappa shape index (κ1) is 32.1. The van der Waals surface area contributed by atoms with Crippen LogP contribution in [0.15, 0.2) is 53.9 Å². The highest BCUT2D eigenvalue weighted by atomic mass is 19.3. The SMILES string of the molecule is CC1(C)CCC(CN2CCN(c3ccc(C(=O)OC(C)(C)C)c(Oc4cnc5[nH]ccc5c4)c3)CC2)=C(C23CC(C(C)(F)F)(C2)C3)C1. The van der Waals surface area contributed by atoms with Gasteiger partial charge in [0.15, 0.2) is 0 Å². The lowest BCUT2D eigenvalue weighted by Crippen LogP contribution is -2.69. The van der Waals surface area contributed by atoms with E-state index in [0.29, 0.717) is 36.3 Å². The number of benzene rings is 1. The Hall–Kier alpha value is -3.46. The molecule has 2 aromatic heterocycles. The minimum Gasteiger partial charge on any atom is -0.456 e. The summed E-state index contributed by atoms with van der Waals surface area (Å²) in [5.74, 6) is -2.04. The maximum Gasteiger partial charge on any atom is 0.342 e. The lowest BCUT2D eigenvalue weighted by atomic mass is 9.30. The average molecular weight is 647 g/mol. The van der Waals surface area contributed by atoms with Crippen molar-refractivity contribution in [2.24, 2.45) is 16.2 Å². The molecule has 1 aromatic carbocycles. The number of hydrogen-bond donors (Lipinski definition) is 1. The first-order valence-corrected chi connectivity index (χ1v) is 17.1. The molecule has 252 valence electrons. The topological polar surface area (TPSA) is 70.7 Å². The van der Waals surface area contributed by atoms with Crippen LogP contribution in [-0.2, 0) is 4.74 Å². The molecule has 0 spiro atoms. The quantitative estimate of drug-likeness (QED) is 0.195. The lowest BCUT2D eigenvalue weighted by Gasteiger charge is -2.74. The fraction of sp³-hybridized carbons (Fsp3) is 0.579. The van der Waals surface area contributed by atoms with Crippen LogP contribution in [0.1, 0.15) is 90.4 Å². The Bertz CT molecular complexity index is 1700. The van der Waals surface area contributed by atoms with Crippen LogP contribution in [0.4, 0.5) is 14.5 Å². The molecule has 7 nitrogen and oxygen atoms in total. The fourth-order valence-electron chi connectivity index (χ4n) is 8.47. The Balaban J connectivity index is 1.07. The van der Waals surface area contributed by atoms with Crippen molar-refractivity contribution >= 4 is 22.7 Å². The molecule has 4 fully saturated rings. The highest BCUT2D eigenvalue weighted by Gasteiger charge is 2.76. The number of fused-ring (bicyclic) bond motifs is 1. The van der Waals surface area contributed by atoms with Gasteiger partial charge in [-0.05, 0) is 101 Å². The van der Waals surface area contributed by atoms with E-state index >= 15 is 0 Å². The molecule has 1 aliphatic heterocycles. The molecule has 9 heteroatoms. The van der Waals surface area contributed by atoms with E-state index in [2.05, 4.69) is 33.6 Å². The van der Waals surface area contributed by atoms with Crippen LogP contribution in [0, 0.1) is 16.2 Å². The minimum absolute atomic E-state index is 0.0156. The second kappa shape index (κ2) is 11.0. The number of H-pyrrole nitrogens is 1. The number of aromatic nitrogens is 2. The van der Waals surface area contributed by atoms with Gasteiger partial charge in [0.05, 0.1) is 6.20 Å². The first-order valence-electron chi connectivity index (χ1n) is 17.1. The van der Waals surface area contributed by atoms with Crippen LogP contribution in [0.3, 0.4) is 0 Å². The van der Waals surface area contributed by atoms with Crippen LogP contribution in [0.5, 0.6) is 11.5 Å². The number of anilines is 1. The molecular weight excluding hydrogens is 598 g/mol. The number of rotatable bonds is 8. The number of piperazine rings is 1. The smallest absolute Gasteiger partial charge is 0.342 e. The van der Waals surface area contributed by atoms with Crippen molar-refractivity contribution in [3.8, 4) is 11.5 Å². The number of nitrogens with zero attached hydrogens (tertiary/aromatic N) is 3. The zero-order chi connectivity index (χ0) is 33.4. The number of carbonyl (C=O) groups excluding carboxylic acids is 1. The number of aromatic amines is 1. The van der Waals surface area contributed by atoms with E-state index in [4.69, 9.17) is 9.47 Å². The summed E-state index contributed by atoms with van der Waals surface area (Å²) in [6.45, 7) is 15.8. The van der Waals surface area contributed by atoms with Gasteiger partial charge in [-0.3, -0.25) is 4.90 Å². The van der Waals surface area contributed by atoms with Crippen LogP contribution < -0.4 is 9.64 Å². The predicted molar refractivity (Wildman–Crippen MR) is 180 cm³/mol. The van der Waals surface area contributed by atoms with E-state index in [1.165, 1.54) is 11.1 Å². The van der Waals surface area contributed by atoms with Gasteiger partial charge in [-0.25, -0.2) is 18.6 Å². The van der Waals surface area contributed by atoms with Gasteiger partial charge < -0.3 is 19.4 Å². The van der Waals surface area contributed by atoms with Crippen molar-refractivity contribution in [2.45, 2.75) is 91.6 Å². The number of nitrogens with one attached hydrogen (secondary N) is 1. The molecule has 1 N–H and O–H groups in total. The van der Waals surface area contributed by atoms with Crippen LogP contribution in [0.2, 0.25) is 0 Å². The van der Waals surface area contributed by atoms with Gasteiger partial charge in [0.25, 0.3) is 5.92 Å². The largest absolute Gasteiger partial charge is 0.456 e. The molecule has 8 rings (SSSR count). The molecule has 0 amide bonds. The van der Waals surface area contributed by atoms with Crippen molar-refractivity contribution in [1.29, 1.82) is 0 Å². The normalized spacial score (nSPS) is 26.2. The Morgan fingerprint density at radius 1 is 1.02 bits per heavy atom. The van der Waals surface area contributed by atoms with Crippen molar-refractivity contribution < 1.29 is 23.0 Å². The third-order valence-corrected chi connectivity index (χ3v) is 11.1. The first-order chi connectivity index (χ1) is 22.0. The van der Waals surface area contributed by atoms with Crippen molar-refractivity contribution in [2.75, 3.05) is 37.6 Å². The molecule has 1 saturated heterocycles. The summed E-state index contributed by atoms with van der Waals surface area (Å²) in [5.41, 5.74) is 3.99. The predicted octanol–water partition coefficient (Wildman–Crippen LogP) is 8.76. The molecule has 0 radical (unpaired) electrons. The Morgan fingerprint density at radius 3 is 2.43 bits per heavy atom. The molecule has 0 atom stereocenters. The zero-order valence-corrected chi connectivity index (χ0v) is 28.6. The van der Waals surface area contributed by atoms with Crippen LogP contribution >= 0.6 is 0 Å². The van der Waals surface area contributed by atoms with Crippen molar-refractivity contribution in [1.82, 2.24) is 14.9 Å². The molecule has 47 heavy (non-hydrogen) atoms. The molecule has 3 aromatic rings. The van der Waals surface area contributed by atoms with E-state index < -0.39 is 22.9 Å². The number of ether oxygens (including phenoxy) is 2. The molecule has 4 aliphatic carbocycles. The highest BCUT2D eigenvalue weighted by molar-refractivity contribution is 5.93. The van der Waals surface area contributed by atoms with Crippen molar-refractivity contribution in [3.05, 3.63) is 59.4 Å². The standard InChI is InChI=1S/C38H48F2N4O3/c1-34(2,3)47-33(45)29-8-7-27(18-31(29)46-28-17-25-10-12-41-32(25)42-20-28)44-15-13-43(14-16-44)21-26-9-11-35(4,5)19-30(26)37-22-38(23-37,24-37)36(6,39)40/h7-8,10,12,17-18,20H,9,11,13-16,19,21-24H2,1-6H3,(H,41,42). The van der Waals surface area contributed by atoms with E-state index in [1.54, 1.807) is 12.3 Å². The number of pyridine rings is 1. The van der Waals surface area contributed by atoms with Crippen molar-refractivity contribution in [3.63, 3.8) is 0 Å². The minimum atomic E-state index is -2.58. The Kier molecular flexibility index (Phi) is 7.54. The van der Waals surface area contributed by atoms with Gasteiger partial charge in [0, 0.05) is 61.5 Å². The van der Waals surface area contributed by atoms with Crippen LogP contribution in [-0.4, -0.2) is 65.1 Å². The van der Waals surface area contributed by atoms with E-state index in [-0.39, 0.29) is 10.8 Å². The van der Waals surface area contributed by atoms with E-state index in [0.717, 1.165) is 75.6 Å². The van der Waals surface area contributed by atoms with Gasteiger partial charge in [0.2, 0.25) is 0 Å². The summed E-state index contributed by atoms with van der Waals surface area (Å²) in [6.07, 6.45) is 8.71. The number of carbonyl (C=O) groups is 1. The zero-order valence-electron chi connectivity index (χ0n) is 28.6. The molecule has 5 aliphatic rings. The molecule has 2 bridgehead atoms. The average Bonchev–Trinajstić information content (AvgIpc) is 3.39. The molecule has 3 heterocycles. The summed E-state index contributed by atoms with van der Waals surface area (Å²) in [5, 5.41) is 0.922. The molecule has 3 saturated carbocycles. The van der Waals surface area contributed by atoms with Gasteiger partial charge in [0.1, 0.15) is 28.3 Å². The summed E-state index contributed by atoms with van der Waals surface area (Å²) in [6, 6.07) is 9.54. The summed E-state index contributed by atoms with van der Waals surface area (Å²) < 4.78 is 40.8. The highest BCUT2D eigenvalue weighted by Crippen LogP contribution is 2.81. The van der Waals surface area contributed by atoms with Gasteiger partial charge in [-0.15, -0.1) is 0 Å². The Labute approximate surface area is 276 Å². The Morgan fingerprint density at radius 2 is 1.74 bits per heavy atom. The maximum absolute atomic E-state index is 14.4. The van der Waals surface area contributed by atoms with Gasteiger partial charge in [-0.1, -0.05) is 25.0 Å². The second-order valence-corrected chi connectivity index (χ2v) is 16.5. The number of allylic oxidation sites excluding steroid dienone is 1. The van der Waals surface area contributed by atoms with E-state index in [9.17, 15) is 13.6 Å². The molecule has 0 unspecified atom stereocenters. The second-order valence-electron chi connectivity index (χ2n) is 16.5. The monoisotopic (exact) mass is 646 g/mol. The number of esters is 1. The summed E-state index contributed by atoms with van der Waals surface area (Å²) >= 11 is 0. The third-order valence-electron chi connectivity index (χ3n) is 11.1. The van der Waals surface area contributed by atoms with Gasteiger partial charge >= 0.3 is 5.97 Å². The number of hydrogen-bond acceptors (Lipinski definition) is 6. The number of alkyl halides is 2. The van der Waals surface area contributed by atoms with Gasteiger partial charge in [-0.2, -0.15) is 0 Å². The third kappa shape index (κ3) is 6.05. The van der Waals surface area contributed by atoms with E-state index in [1.807, 2.05) is 51.2 Å². The molecular formula is C38H48F2N4O3. The summed E-state index contributed by atoms with van der Waals surface area (Å²) in [7, 11) is 0. The summed E-state index contributed by atoms with van der Waals surface area (Å²) in [4.78, 5) is 25.6. The number of halogens is 2. The maximum atomic E-state index is 14.4. The fourth-order valence-corrected chi connectivity index (χ4v) is 8.47. The lowest BCUT2D eigenvalue weighted by molar-refractivity contribution is -0.295. The van der Waals surface area contributed by atoms with Crippen LogP contribution in [0.25, 0.3) is 11.0 Å².